The smallest absolute Gasteiger partial charge is 0.306 e. The van der Waals surface area contributed by atoms with Crippen molar-refractivity contribution in [3.05, 3.63) is 12.2 Å². The summed E-state index contributed by atoms with van der Waals surface area (Å²) in [6, 6.07) is 0. The van der Waals surface area contributed by atoms with Crippen LogP contribution in [0, 0.1) is 0 Å². The fraction of sp³-hybridized carbons (Fsp3) is 0.872. The van der Waals surface area contributed by atoms with E-state index in [2.05, 4.69) is 26.0 Å². The highest BCUT2D eigenvalue weighted by molar-refractivity contribution is 5.70. The second-order valence-corrected chi connectivity index (χ2v) is 12.9. The van der Waals surface area contributed by atoms with Gasteiger partial charge < -0.3 is 14.2 Å². The van der Waals surface area contributed by atoms with Crippen molar-refractivity contribution >= 4 is 17.9 Å². The molecule has 0 aliphatic carbocycles. The third-order valence-corrected chi connectivity index (χ3v) is 8.33. The third kappa shape index (κ3) is 34.9. The minimum absolute atomic E-state index is 0.0807. The van der Waals surface area contributed by atoms with Crippen LogP contribution in [0.3, 0.4) is 0 Å². The molecule has 0 aliphatic heterocycles. The summed E-state index contributed by atoms with van der Waals surface area (Å²) in [5, 5.41) is 0. The summed E-state index contributed by atoms with van der Waals surface area (Å²) < 4.78 is 15.9. The Labute approximate surface area is 278 Å². The lowest BCUT2D eigenvalue weighted by Gasteiger charge is -2.17. The Morgan fingerprint density at radius 1 is 0.467 bits per heavy atom. The van der Waals surface area contributed by atoms with Crippen molar-refractivity contribution in [2.45, 2.75) is 207 Å². The van der Waals surface area contributed by atoms with Gasteiger partial charge >= 0.3 is 17.9 Å². The predicted octanol–water partition coefficient (Wildman–Crippen LogP) is 11.5. The highest BCUT2D eigenvalue weighted by atomic mass is 16.6. The molecule has 0 heterocycles. The third-order valence-electron chi connectivity index (χ3n) is 8.33. The Hall–Kier alpha value is -1.85. The van der Waals surface area contributed by atoms with Crippen LogP contribution in [-0.4, -0.2) is 37.2 Å². The number of ether oxygens (including phenoxy) is 3. The second-order valence-electron chi connectivity index (χ2n) is 12.9. The van der Waals surface area contributed by atoms with E-state index in [9.17, 15) is 14.4 Å². The number of rotatable bonds is 34. The fourth-order valence-corrected chi connectivity index (χ4v) is 5.46. The largest absolute Gasteiger partial charge is 0.462 e. The van der Waals surface area contributed by atoms with Gasteiger partial charge in [0.2, 0.25) is 0 Å². The van der Waals surface area contributed by atoms with E-state index in [1.54, 1.807) is 0 Å². The Morgan fingerprint density at radius 2 is 0.822 bits per heavy atom. The molecule has 6 heteroatoms. The van der Waals surface area contributed by atoms with E-state index in [1.165, 1.54) is 129 Å². The van der Waals surface area contributed by atoms with Crippen molar-refractivity contribution in [2.24, 2.45) is 0 Å². The van der Waals surface area contributed by atoms with Crippen molar-refractivity contribution in [1.82, 2.24) is 0 Å². The number of unbranched alkanes of at least 4 members (excludes halogenated alkanes) is 23. The maximum atomic E-state index is 12.4. The Balaban J connectivity index is 3.85. The van der Waals surface area contributed by atoms with E-state index in [-0.39, 0.29) is 25.2 Å². The van der Waals surface area contributed by atoms with E-state index in [0.29, 0.717) is 12.8 Å². The first-order valence-corrected chi connectivity index (χ1v) is 19.1. The highest BCUT2D eigenvalue weighted by Gasteiger charge is 2.18. The van der Waals surface area contributed by atoms with Crippen LogP contribution in [0.5, 0.6) is 0 Å². The van der Waals surface area contributed by atoms with Crippen LogP contribution in [0.15, 0.2) is 12.2 Å². The number of carbonyl (C=O) groups excluding carboxylic acids is 3. The molecule has 0 spiro atoms. The predicted molar refractivity (Wildman–Crippen MR) is 187 cm³/mol. The van der Waals surface area contributed by atoms with E-state index < -0.39 is 12.1 Å². The topological polar surface area (TPSA) is 78.9 Å². The summed E-state index contributed by atoms with van der Waals surface area (Å²) in [7, 11) is 0. The SMILES string of the molecule is CCCCCCCC/C=C\CCCCCCCC(=O)O[C@@H](COC(C)=O)COC(=O)CCCCCCCCCCCCCCC. The highest BCUT2D eigenvalue weighted by Crippen LogP contribution is 2.14. The van der Waals surface area contributed by atoms with Gasteiger partial charge in [0.25, 0.3) is 0 Å². The number of hydrogen-bond donors (Lipinski definition) is 0. The van der Waals surface area contributed by atoms with Crippen molar-refractivity contribution in [3.8, 4) is 0 Å². The number of carbonyl (C=O) groups is 3. The van der Waals surface area contributed by atoms with E-state index >= 15 is 0 Å². The summed E-state index contributed by atoms with van der Waals surface area (Å²) in [4.78, 5) is 35.9. The first-order valence-electron chi connectivity index (χ1n) is 19.1. The normalized spacial score (nSPS) is 12.0. The van der Waals surface area contributed by atoms with Crippen LogP contribution in [0.25, 0.3) is 0 Å². The molecule has 6 nitrogen and oxygen atoms in total. The minimum Gasteiger partial charge on any atom is -0.462 e. The molecule has 0 unspecified atom stereocenters. The van der Waals surface area contributed by atoms with E-state index in [4.69, 9.17) is 14.2 Å². The maximum Gasteiger partial charge on any atom is 0.306 e. The van der Waals surface area contributed by atoms with Crippen LogP contribution in [0.2, 0.25) is 0 Å². The first kappa shape index (κ1) is 43.1. The summed E-state index contributed by atoms with van der Waals surface area (Å²) in [6.07, 6.45) is 36.5. The molecule has 0 aromatic rings. The fourth-order valence-electron chi connectivity index (χ4n) is 5.46. The zero-order valence-corrected chi connectivity index (χ0v) is 29.9. The Kier molecular flexibility index (Phi) is 33.6. The van der Waals surface area contributed by atoms with Gasteiger partial charge in [-0.15, -0.1) is 0 Å². The zero-order valence-electron chi connectivity index (χ0n) is 29.9. The van der Waals surface area contributed by atoms with Crippen LogP contribution in [0.1, 0.15) is 201 Å². The van der Waals surface area contributed by atoms with Gasteiger partial charge in [-0.25, -0.2) is 0 Å². The van der Waals surface area contributed by atoms with Crippen LogP contribution in [-0.2, 0) is 28.6 Å². The number of hydrogen-bond acceptors (Lipinski definition) is 6. The average Bonchev–Trinajstić information content (AvgIpc) is 3.02. The molecule has 1 atom stereocenters. The molecule has 0 N–H and O–H groups in total. The molecule has 0 aromatic carbocycles. The molecule has 264 valence electrons. The monoisotopic (exact) mass is 637 g/mol. The van der Waals surface area contributed by atoms with Crippen LogP contribution < -0.4 is 0 Å². The maximum absolute atomic E-state index is 12.4. The molecule has 0 fully saturated rings. The number of allylic oxidation sites excluding steroid dienone is 2. The molecule has 0 bridgehead atoms. The standard InChI is InChI=1S/C39H72O6/c1-4-6-8-10-12-14-16-18-19-21-23-25-27-29-31-33-39(42)45-37(34-43-36(3)40)35-44-38(41)32-30-28-26-24-22-20-17-15-13-11-9-7-5-2/h18-19,37H,4-17,20-35H2,1-3H3/b19-18-/t37-/m0/s1. The first-order chi connectivity index (χ1) is 22.0. The van der Waals surface area contributed by atoms with Crippen molar-refractivity contribution in [2.75, 3.05) is 13.2 Å². The van der Waals surface area contributed by atoms with Crippen molar-refractivity contribution in [1.29, 1.82) is 0 Å². The van der Waals surface area contributed by atoms with Gasteiger partial charge in [-0.2, -0.15) is 0 Å². The molecule has 0 radical (unpaired) electrons. The molecule has 0 aromatic heterocycles. The number of esters is 3. The summed E-state index contributed by atoms with van der Waals surface area (Å²) in [5.74, 6) is -1.08. The zero-order chi connectivity index (χ0) is 33.1. The quantitative estimate of drug-likeness (QED) is 0.0303. The van der Waals surface area contributed by atoms with E-state index in [1.807, 2.05) is 0 Å². The van der Waals surface area contributed by atoms with E-state index in [0.717, 1.165) is 44.9 Å². The summed E-state index contributed by atoms with van der Waals surface area (Å²) in [5.41, 5.74) is 0. The molecule has 0 aliphatic rings. The lowest BCUT2D eigenvalue weighted by Crippen LogP contribution is -2.30. The van der Waals surface area contributed by atoms with Crippen molar-refractivity contribution < 1.29 is 28.6 Å². The van der Waals surface area contributed by atoms with Crippen LogP contribution in [0.4, 0.5) is 0 Å². The van der Waals surface area contributed by atoms with Crippen LogP contribution >= 0.6 is 0 Å². The average molecular weight is 637 g/mol. The van der Waals surface area contributed by atoms with Gasteiger partial charge in [0.05, 0.1) is 0 Å². The molecule has 0 saturated heterocycles. The van der Waals surface area contributed by atoms with Gasteiger partial charge in [-0.1, -0.05) is 154 Å². The van der Waals surface area contributed by atoms with Gasteiger partial charge in [0.1, 0.15) is 13.2 Å². The van der Waals surface area contributed by atoms with Crippen molar-refractivity contribution in [3.63, 3.8) is 0 Å². The summed E-state index contributed by atoms with van der Waals surface area (Å²) in [6.45, 7) is 5.64. The summed E-state index contributed by atoms with van der Waals surface area (Å²) >= 11 is 0. The Morgan fingerprint density at radius 3 is 1.24 bits per heavy atom. The molecular formula is C39H72O6. The molecule has 0 rings (SSSR count). The molecule has 45 heavy (non-hydrogen) atoms. The minimum atomic E-state index is -0.764. The van der Waals surface area contributed by atoms with Gasteiger partial charge in [0, 0.05) is 19.8 Å². The van der Waals surface area contributed by atoms with Gasteiger partial charge in [-0.3, -0.25) is 14.4 Å². The molecular weight excluding hydrogens is 564 g/mol. The van der Waals surface area contributed by atoms with Gasteiger partial charge in [0.15, 0.2) is 6.10 Å². The lowest BCUT2D eigenvalue weighted by molar-refractivity contribution is -0.166. The molecule has 0 saturated carbocycles. The second kappa shape index (κ2) is 35.0. The lowest BCUT2D eigenvalue weighted by atomic mass is 10.0. The molecule has 0 amide bonds. The Bertz CT molecular complexity index is 704. The van der Waals surface area contributed by atoms with Gasteiger partial charge in [-0.05, 0) is 38.5 Å².